The van der Waals surface area contributed by atoms with E-state index in [0.717, 1.165) is 0 Å². The zero-order valence-corrected chi connectivity index (χ0v) is 14.7. The van der Waals surface area contributed by atoms with Crippen LogP contribution in [0.3, 0.4) is 0 Å². The van der Waals surface area contributed by atoms with Gasteiger partial charge in [0.25, 0.3) is 5.91 Å². The third-order valence-corrected chi connectivity index (χ3v) is 4.26. The van der Waals surface area contributed by atoms with Crippen molar-refractivity contribution in [1.29, 1.82) is 0 Å². The summed E-state index contributed by atoms with van der Waals surface area (Å²) in [6.07, 6.45) is 1.02. The van der Waals surface area contributed by atoms with E-state index in [4.69, 9.17) is 9.47 Å². The van der Waals surface area contributed by atoms with Crippen molar-refractivity contribution < 1.29 is 33.4 Å². The van der Waals surface area contributed by atoms with Gasteiger partial charge in [0.1, 0.15) is 0 Å². The molecule has 8 nitrogen and oxygen atoms in total. The van der Waals surface area contributed by atoms with E-state index in [1.807, 2.05) is 0 Å². The van der Waals surface area contributed by atoms with E-state index in [0.29, 0.717) is 25.9 Å². The van der Waals surface area contributed by atoms with Crippen molar-refractivity contribution in [2.75, 3.05) is 33.9 Å². The molecule has 2 rings (SSSR count). The fourth-order valence-electron chi connectivity index (χ4n) is 2.78. The summed E-state index contributed by atoms with van der Waals surface area (Å²) in [6.45, 7) is 0.362. The minimum absolute atomic E-state index is 0.0385. The van der Waals surface area contributed by atoms with Crippen LogP contribution < -0.4 is 0 Å². The summed E-state index contributed by atoms with van der Waals surface area (Å²) < 4.78 is 14.4. The molecule has 0 N–H and O–H groups in total. The first-order chi connectivity index (χ1) is 12.5. The Labute approximate surface area is 151 Å². The highest BCUT2D eigenvalue weighted by Crippen LogP contribution is 2.18. The van der Waals surface area contributed by atoms with Crippen molar-refractivity contribution in [3.8, 4) is 0 Å². The molecule has 0 saturated carbocycles. The van der Waals surface area contributed by atoms with Crippen molar-refractivity contribution >= 4 is 23.8 Å². The molecule has 1 aliphatic rings. The molecule has 26 heavy (non-hydrogen) atoms. The lowest BCUT2D eigenvalue weighted by atomic mass is 9.97. The van der Waals surface area contributed by atoms with Crippen LogP contribution in [0.15, 0.2) is 24.3 Å². The lowest BCUT2D eigenvalue weighted by Gasteiger charge is -2.30. The molecule has 0 atom stereocenters. The minimum Gasteiger partial charge on any atom is -0.469 e. The Hall–Kier alpha value is -2.90. The molecule has 0 bridgehead atoms. The van der Waals surface area contributed by atoms with E-state index in [2.05, 4.69) is 4.74 Å². The molecule has 1 heterocycles. The molecular weight excluding hydrogens is 342 g/mol. The molecule has 0 unspecified atom stereocenters. The smallest absolute Gasteiger partial charge is 0.339 e. The maximum Gasteiger partial charge on any atom is 0.339 e. The fraction of sp³-hybridized carbons (Fsp3) is 0.444. The zero-order chi connectivity index (χ0) is 19.1. The summed E-state index contributed by atoms with van der Waals surface area (Å²) in [7, 11) is 2.55. The lowest BCUT2D eigenvalue weighted by Crippen LogP contribution is -2.42. The first-order valence-corrected chi connectivity index (χ1v) is 8.18. The number of ether oxygens (including phenoxy) is 3. The van der Waals surface area contributed by atoms with E-state index in [1.165, 1.54) is 26.4 Å². The van der Waals surface area contributed by atoms with Crippen LogP contribution in [0, 0.1) is 5.92 Å². The van der Waals surface area contributed by atoms with Gasteiger partial charge in [-0.15, -0.1) is 0 Å². The van der Waals surface area contributed by atoms with Gasteiger partial charge in [0, 0.05) is 13.1 Å². The van der Waals surface area contributed by atoms with Gasteiger partial charge in [0.15, 0.2) is 6.61 Å². The molecule has 1 saturated heterocycles. The number of nitrogens with zero attached hydrogens (tertiary/aromatic N) is 1. The number of likely N-dealkylation sites (tertiary alicyclic amines) is 1. The van der Waals surface area contributed by atoms with Gasteiger partial charge in [-0.3, -0.25) is 9.59 Å². The van der Waals surface area contributed by atoms with Crippen LogP contribution in [-0.4, -0.2) is 62.6 Å². The lowest BCUT2D eigenvalue weighted by molar-refractivity contribution is -0.149. The molecule has 1 aromatic carbocycles. The number of benzene rings is 1. The minimum atomic E-state index is -0.774. The number of rotatable bonds is 5. The van der Waals surface area contributed by atoms with Gasteiger partial charge in [0.2, 0.25) is 0 Å². The van der Waals surface area contributed by atoms with Gasteiger partial charge in [-0.05, 0) is 25.0 Å². The van der Waals surface area contributed by atoms with Crippen LogP contribution in [0.1, 0.15) is 33.6 Å². The molecule has 1 amide bonds. The third-order valence-electron chi connectivity index (χ3n) is 4.26. The Kier molecular flexibility index (Phi) is 6.71. The average molecular weight is 363 g/mol. The Morgan fingerprint density at radius 1 is 0.962 bits per heavy atom. The summed E-state index contributed by atoms with van der Waals surface area (Å²) in [5.41, 5.74) is 0.114. The maximum absolute atomic E-state index is 12.2. The average Bonchev–Trinajstić information content (AvgIpc) is 2.70. The van der Waals surface area contributed by atoms with Crippen LogP contribution in [0.25, 0.3) is 0 Å². The van der Waals surface area contributed by atoms with E-state index in [9.17, 15) is 19.2 Å². The van der Waals surface area contributed by atoms with Gasteiger partial charge in [-0.1, -0.05) is 12.1 Å². The Morgan fingerprint density at radius 3 is 2.08 bits per heavy atom. The van der Waals surface area contributed by atoms with E-state index in [1.54, 1.807) is 17.0 Å². The molecule has 0 spiro atoms. The number of hydrogen-bond donors (Lipinski definition) is 0. The van der Waals surface area contributed by atoms with E-state index >= 15 is 0 Å². The standard InChI is InChI=1S/C18H21NO7/c1-24-16(21)12-7-9-19(10-8-12)15(20)11-26-18(23)14-6-4-3-5-13(14)17(22)25-2/h3-6,12H,7-11H2,1-2H3. The zero-order valence-electron chi connectivity index (χ0n) is 14.7. The SMILES string of the molecule is COC(=O)c1ccccc1C(=O)OCC(=O)N1CCC(C(=O)OC)CC1. The highest BCUT2D eigenvalue weighted by Gasteiger charge is 2.28. The predicted molar refractivity (Wildman–Crippen MR) is 89.4 cm³/mol. The van der Waals surface area contributed by atoms with Gasteiger partial charge in [0.05, 0.1) is 31.3 Å². The van der Waals surface area contributed by atoms with Crippen LogP contribution in [0.2, 0.25) is 0 Å². The summed E-state index contributed by atoms with van der Waals surface area (Å²) in [6, 6.07) is 6.06. The van der Waals surface area contributed by atoms with Gasteiger partial charge in [-0.2, -0.15) is 0 Å². The van der Waals surface area contributed by atoms with Crippen LogP contribution in [-0.2, 0) is 23.8 Å². The highest BCUT2D eigenvalue weighted by molar-refractivity contribution is 6.03. The molecule has 1 aliphatic heterocycles. The van der Waals surface area contributed by atoms with Gasteiger partial charge >= 0.3 is 17.9 Å². The summed E-state index contributed by atoms with van der Waals surface area (Å²) >= 11 is 0. The van der Waals surface area contributed by atoms with Crippen LogP contribution >= 0.6 is 0 Å². The monoisotopic (exact) mass is 363 g/mol. The van der Waals surface area contributed by atoms with Crippen molar-refractivity contribution in [3.05, 3.63) is 35.4 Å². The molecule has 0 radical (unpaired) electrons. The number of methoxy groups -OCH3 is 2. The molecule has 0 aromatic heterocycles. The molecule has 0 aliphatic carbocycles. The summed E-state index contributed by atoms with van der Waals surface area (Å²) in [5.74, 6) is -2.27. The van der Waals surface area contributed by atoms with Gasteiger partial charge < -0.3 is 19.1 Å². The van der Waals surface area contributed by atoms with Crippen molar-refractivity contribution in [3.63, 3.8) is 0 Å². The van der Waals surface area contributed by atoms with E-state index in [-0.39, 0.29) is 28.9 Å². The highest BCUT2D eigenvalue weighted by atomic mass is 16.5. The molecule has 140 valence electrons. The topological polar surface area (TPSA) is 99.2 Å². The quantitative estimate of drug-likeness (QED) is 0.569. The first kappa shape index (κ1) is 19.4. The first-order valence-electron chi connectivity index (χ1n) is 8.18. The maximum atomic E-state index is 12.2. The fourth-order valence-corrected chi connectivity index (χ4v) is 2.78. The number of amides is 1. The second-order valence-electron chi connectivity index (χ2n) is 5.79. The normalized spacial score (nSPS) is 14.5. The predicted octanol–water partition coefficient (Wildman–Crippen LogP) is 1.04. The number of hydrogen-bond acceptors (Lipinski definition) is 7. The van der Waals surface area contributed by atoms with Crippen molar-refractivity contribution in [1.82, 2.24) is 4.90 Å². The molecular formula is C18H21NO7. The largest absolute Gasteiger partial charge is 0.469 e. The molecule has 1 fully saturated rings. The number of piperidine rings is 1. The number of carbonyl (C=O) groups excluding carboxylic acids is 4. The number of esters is 3. The molecule has 8 heteroatoms. The second-order valence-corrected chi connectivity index (χ2v) is 5.79. The van der Waals surface area contributed by atoms with Crippen molar-refractivity contribution in [2.45, 2.75) is 12.8 Å². The summed E-state index contributed by atoms with van der Waals surface area (Å²) in [4.78, 5) is 49.1. The van der Waals surface area contributed by atoms with E-state index < -0.39 is 18.5 Å². The Morgan fingerprint density at radius 2 is 1.54 bits per heavy atom. The van der Waals surface area contributed by atoms with Crippen LogP contribution in [0.5, 0.6) is 0 Å². The van der Waals surface area contributed by atoms with Gasteiger partial charge in [-0.25, -0.2) is 9.59 Å². The number of carbonyl (C=O) groups is 4. The third kappa shape index (κ3) is 4.59. The Balaban J connectivity index is 1.89. The summed E-state index contributed by atoms with van der Waals surface area (Å²) in [5, 5.41) is 0. The van der Waals surface area contributed by atoms with Crippen LogP contribution in [0.4, 0.5) is 0 Å². The molecule has 1 aromatic rings. The van der Waals surface area contributed by atoms with Crippen molar-refractivity contribution in [2.24, 2.45) is 5.92 Å². The second kappa shape index (κ2) is 8.98. The Bertz CT molecular complexity index is 693.